The second-order valence-electron chi connectivity index (χ2n) is 5.61. The second kappa shape index (κ2) is 6.13. The highest BCUT2D eigenvalue weighted by Gasteiger charge is 2.17. The number of hydrogen-bond donors (Lipinski definition) is 0. The van der Waals surface area contributed by atoms with E-state index in [1.165, 1.54) is 4.90 Å². The summed E-state index contributed by atoms with van der Waals surface area (Å²) in [5.74, 6) is 0. The van der Waals surface area contributed by atoms with Gasteiger partial charge in [0.25, 0.3) is 0 Å². The number of thioether (sulfide) groups is 1. The standard InChI is InChI=1S/C20H17N3S/c1-23-20-18(19(22-23)15-11-7-4-8-12-15)17(24-2)13-16(21-20)14-9-5-3-6-10-14/h3-13H,1-2H3. The Balaban J connectivity index is 2.00. The van der Waals surface area contributed by atoms with Gasteiger partial charge in [0, 0.05) is 23.1 Å². The molecule has 0 fully saturated rings. The van der Waals surface area contributed by atoms with Gasteiger partial charge in [0.2, 0.25) is 0 Å². The van der Waals surface area contributed by atoms with Crippen molar-refractivity contribution in [2.75, 3.05) is 6.26 Å². The highest BCUT2D eigenvalue weighted by molar-refractivity contribution is 7.98. The van der Waals surface area contributed by atoms with Crippen LogP contribution in [0.2, 0.25) is 0 Å². The molecule has 0 aliphatic carbocycles. The Bertz CT molecular complexity index is 992. The van der Waals surface area contributed by atoms with Crippen molar-refractivity contribution in [2.45, 2.75) is 4.90 Å². The Kier molecular flexibility index (Phi) is 3.82. The summed E-state index contributed by atoms with van der Waals surface area (Å²) in [6, 6.07) is 22.7. The molecule has 2 heterocycles. The van der Waals surface area contributed by atoms with Crippen LogP contribution in [-0.4, -0.2) is 21.0 Å². The van der Waals surface area contributed by atoms with Crippen LogP contribution in [0.4, 0.5) is 0 Å². The van der Waals surface area contributed by atoms with Crippen LogP contribution in [0.15, 0.2) is 71.6 Å². The molecule has 0 bridgehead atoms. The van der Waals surface area contributed by atoms with Crippen LogP contribution in [0.1, 0.15) is 0 Å². The van der Waals surface area contributed by atoms with E-state index in [0.29, 0.717) is 0 Å². The first-order valence-corrected chi connectivity index (χ1v) is 9.03. The van der Waals surface area contributed by atoms with E-state index in [2.05, 4.69) is 36.6 Å². The van der Waals surface area contributed by atoms with Crippen molar-refractivity contribution in [1.82, 2.24) is 14.8 Å². The number of hydrogen-bond acceptors (Lipinski definition) is 3. The van der Waals surface area contributed by atoms with Crippen LogP contribution in [0, 0.1) is 0 Å². The lowest BCUT2D eigenvalue weighted by Crippen LogP contribution is -1.94. The molecule has 2 aromatic carbocycles. The molecule has 118 valence electrons. The summed E-state index contributed by atoms with van der Waals surface area (Å²) in [4.78, 5) is 6.09. The summed E-state index contributed by atoms with van der Waals surface area (Å²) in [5, 5.41) is 5.87. The van der Waals surface area contributed by atoms with Gasteiger partial charge >= 0.3 is 0 Å². The topological polar surface area (TPSA) is 30.7 Å². The lowest BCUT2D eigenvalue weighted by Gasteiger charge is -2.07. The van der Waals surface area contributed by atoms with E-state index < -0.39 is 0 Å². The zero-order valence-corrected chi connectivity index (χ0v) is 14.4. The third-order valence-electron chi connectivity index (χ3n) is 4.09. The van der Waals surface area contributed by atoms with Crippen LogP contribution < -0.4 is 0 Å². The van der Waals surface area contributed by atoms with E-state index in [9.17, 15) is 0 Å². The predicted molar refractivity (Wildman–Crippen MR) is 101 cm³/mol. The monoisotopic (exact) mass is 331 g/mol. The van der Waals surface area contributed by atoms with E-state index in [1.54, 1.807) is 11.8 Å². The SMILES string of the molecule is CSc1cc(-c2ccccc2)nc2c1c(-c1ccccc1)nn2C. The maximum absolute atomic E-state index is 4.89. The molecule has 0 atom stereocenters. The van der Waals surface area contributed by atoms with Gasteiger partial charge in [-0.15, -0.1) is 11.8 Å². The molecule has 0 saturated heterocycles. The first-order valence-electron chi connectivity index (χ1n) is 7.80. The van der Waals surface area contributed by atoms with Gasteiger partial charge in [0.05, 0.1) is 11.1 Å². The summed E-state index contributed by atoms with van der Waals surface area (Å²) in [7, 11) is 1.96. The van der Waals surface area contributed by atoms with E-state index in [4.69, 9.17) is 10.1 Å². The smallest absolute Gasteiger partial charge is 0.159 e. The molecular formula is C20H17N3S. The number of rotatable bonds is 3. The molecule has 0 aliphatic heterocycles. The molecule has 0 unspecified atom stereocenters. The Morgan fingerprint density at radius 3 is 2.12 bits per heavy atom. The maximum Gasteiger partial charge on any atom is 0.159 e. The summed E-state index contributed by atoms with van der Waals surface area (Å²) >= 11 is 1.74. The number of aromatic nitrogens is 3. The summed E-state index contributed by atoms with van der Waals surface area (Å²) in [5.41, 5.74) is 5.13. The number of benzene rings is 2. The van der Waals surface area contributed by atoms with Crippen molar-refractivity contribution in [3.8, 4) is 22.5 Å². The fourth-order valence-electron chi connectivity index (χ4n) is 2.93. The van der Waals surface area contributed by atoms with Crippen molar-refractivity contribution in [1.29, 1.82) is 0 Å². The highest BCUT2D eigenvalue weighted by atomic mass is 32.2. The molecule has 0 radical (unpaired) electrons. The zero-order chi connectivity index (χ0) is 16.5. The van der Waals surface area contributed by atoms with Gasteiger partial charge in [-0.3, -0.25) is 0 Å². The molecule has 4 heteroatoms. The average molecular weight is 331 g/mol. The number of aryl methyl sites for hydroxylation is 1. The van der Waals surface area contributed by atoms with Gasteiger partial charge in [0.1, 0.15) is 5.69 Å². The zero-order valence-electron chi connectivity index (χ0n) is 13.6. The largest absolute Gasteiger partial charge is 0.250 e. The van der Waals surface area contributed by atoms with Gasteiger partial charge in [0.15, 0.2) is 5.65 Å². The molecule has 24 heavy (non-hydrogen) atoms. The fraction of sp³-hybridized carbons (Fsp3) is 0.100. The fourth-order valence-corrected chi connectivity index (χ4v) is 3.55. The molecule has 2 aromatic heterocycles. The minimum absolute atomic E-state index is 0.916. The van der Waals surface area contributed by atoms with Crippen LogP contribution in [0.25, 0.3) is 33.5 Å². The van der Waals surface area contributed by atoms with Gasteiger partial charge in [-0.25, -0.2) is 9.67 Å². The first-order chi connectivity index (χ1) is 11.8. The summed E-state index contributed by atoms with van der Waals surface area (Å²) in [6.07, 6.45) is 2.10. The van der Waals surface area contributed by atoms with E-state index in [1.807, 2.05) is 48.1 Å². The van der Waals surface area contributed by atoms with Crippen molar-refractivity contribution in [3.05, 3.63) is 66.7 Å². The maximum atomic E-state index is 4.89. The van der Waals surface area contributed by atoms with E-state index in [-0.39, 0.29) is 0 Å². The molecule has 0 saturated carbocycles. The first kappa shape index (κ1) is 15.0. The molecule has 0 spiro atoms. The molecule has 0 aliphatic rings. The minimum atomic E-state index is 0.916. The van der Waals surface area contributed by atoms with Crippen molar-refractivity contribution in [2.24, 2.45) is 7.05 Å². The Morgan fingerprint density at radius 2 is 1.50 bits per heavy atom. The van der Waals surface area contributed by atoms with Gasteiger partial charge in [-0.1, -0.05) is 60.7 Å². The Labute approximate surface area is 145 Å². The molecule has 0 amide bonds. The highest BCUT2D eigenvalue weighted by Crippen LogP contribution is 2.36. The van der Waals surface area contributed by atoms with E-state index >= 15 is 0 Å². The molecule has 3 nitrogen and oxygen atoms in total. The molecule has 4 aromatic rings. The van der Waals surface area contributed by atoms with Crippen LogP contribution in [0.3, 0.4) is 0 Å². The minimum Gasteiger partial charge on any atom is -0.250 e. The average Bonchev–Trinajstić information content (AvgIpc) is 2.99. The van der Waals surface area contributed by atoms with Crippen LogP contribution in [-0.2, 0) is 7.05 Å². The van der Waals surface area contributed by atoms with Gasteiger partial charge in [-0.05, 0) is 12.3 Å². The van der Waals surface area contributed by atoms with Gasteiger partial charge in [-0.2, -0.15) is 5.10 Å². The third-order valence-corrected chi connectivity index (χ3v) is 4.86. The van der Waals surface area contributed by atoms with Crippen LogP contribution >= 0.6 is 11.8 Å². The molecule has 0 N–H and O–H groups in total. The predicted octanol–water partition coefficient (Wildman–Crippen LogP) is 5.02. The second-order valence-corrected chi connectivity index (χ2v) is 6.46. The van der Waals surface area contributed by atoms with Crippen LogP contribution in [0.5, 0.6) is 0 Å². The Hall–Kier alpha value is -2.59. The van der Waals surface area contributed by atoms with Crippen molar-refractivity contribution < 1.29 is 0 Å². The normalized spacial score (nSPS) is 11.1. The summed E-state index contributed by atoms with van der Waals surface area (Å²) < 4.78 is 1.88. The lowest BCUT2D eigenvalue weighted by atomic mass is 10.1. The molecular weight excluding hydrogens is 314 g/mol. The number of fused-ring (bicyclic) bond motifs is 1. The number of nitrogens with zero attached hydrogens (tertiary/aromatic N) is 3. The van der Waals surface area contributed by atoms with Crippen molar-refractivity contribution in [3.63, 3.8) is 0 Å². The third kappa shape index (κ3) is 2.49. The summed E-state index contributed by atoms with van der Waals surface area (Å²) in [6.45, 7) is 0. The van der Waals surface area contributed by atoms with E-state index in [0.717, 1.165) is 33.5 Å². The van der Waals surface area contributed by atoms with Gasteiger partial charge < -0.3 is 0 Å². The number of pyridine rings is 1. The molecule has 4 rings (SSSR count). The van der Waals surface area contributed by atoms with Crippen molar-refractivity contribution >= 4 is 22.8 Å². The lowest BCUT2D eigenvalue weighted by molar-refractivity contribution is 0.790. The quantitative estimate of drug-likeness (QED) is 0.494. The Morgan fingerprint density at radius 1 is 0.875 bits per heavy atom.